The number of aromatic nitrogens is 2. The van der Waals surface area contributed by atoms with Crippen molar-refractivity contribution in [2.75, 3.05) is 6.54 Å². The molecule has 0 spiro atoms. The van der Waals surface area contributed by atoms with Crippen molar-refractivity contribution in [2.45, 2.75) is 40.8 Å². The fourth-order valence-corrected chi connectivity index (χ4v) is 2.09. The predicted octanol–water partition coefficient (Wildman–Crippen LogP) is 3.01. The number of hydrogen-bond donors (Lipinski definition) is 1. The molecule has 0 aliphatic carbocycles. The first kappa shape index (κ1) is 15.5. The Hall–Kier alpha value is -1.88. The zero-order chi connectivity index (χ0) is 15.2. The van der Waals surface area contributed by atoms with Gasteiger partial charge in [0.1, 0.15) is 5.75 Å². The minimum Gasteiger partial charge on any atom is -0.485 e. The van der Waals surface area contributed by atoms with Gasteiger partial charge in [0, 0.05) is 19.0 Å². The number of benzene rings is 1. The Kier molecular flexibility index (Phi) is 5.33. The highest BCUT2D eigenvalue weighted by Gasteiger charge is 2.09. The van der Waals surface area contributed by atoms with E-state index in [0.29, 0.717) is 24.2 Å². The van der Waals surface area contributed by atoms with Crippen molar-refractivity contribution in [3.63, 3.8) is 0 Å². The molecular formula is C16H23N3O2. The number of para-hydroxylation sites is 1. The lowest BCUT2D eigenvalue weighted by Crippen LogP contribution is -2.19. The van der Waals surface area contributed by atoms with E-state index in [9.17, 15) is 0 Å². The fourth-order valence-electron chi connectivity index (χ4n) is 2.09. The summed E-state index contributed by atoms with van der Waals surface area (Å²) in [6.07, 6.45) is 0. The van der Waals surface area contributed by atoms with E-state index in [1.807, 2.05) is 19.1 Å². The Balaban J connectivity index is 2.02. The molecule has 0 fully saturated rings. The molecule has 5 heteroatoms. The van der Waals surface area contributed by atoms with Crippen LogP contribution in [0, 0.1) is 19.8 Å². The molecule has 0 aliphatic rings. The summed E-state index contributed by atoms with van der Waals surface area (Å²) < 4.78 is 10.9. The lowest BCUT2D eigenvalue weighted by molar-refractivity contribution is 0.280. The molecule has 0 atom stereocenters. The molecule has 0 aliphatic heterocycles. The monoisotopic (exact) mass is 289 g/mol. The van der Waals surface area contributed by atoms with Crippen LogP contribution in [0.4, 0.5) is 0 Å². The molecule has 2 aromatic rings. The van der Waals surface area contributed by atoms with Gasteiger partial charge < -0.3 is 14.6 Å². The van der Waals surface area contributed by atoms with Crippen LogP contribution in [0.25, 0.3) is 0 Å². The highest BCUT2D eigenvalue weighted by atomic mass is 16.5. The summed E-state index contributed by atoms with van der Waals surface area (Å²) in [5.74, 6) is 2.65. The van der Waals surface area contributed by atoms with Crippen LogP contribution in [-0.2, 0) is 13.2 Å². The summed E-state index contributed by atoms with van der Waals surface area (Å²) in [5, 5.41) is 7.29. The van der Waals surface area contributed by atoms with E-state index in [0.717, 1.165) is 30.0 Å². The largest absolute Gasteiger partial charge is 0.485 e. The van der Waals surface area contributed by atoms with Gasteiger partial charge in [0.15, 0.2) is 6.61 Å². The molecule has 1 N–H and O–H groups in total. The van der Waals surface area contributed by atoms with Crippen LogP contribution in [0.3, 0.4) is 0 Å². The van der Waals surface area contributed by atoms with Gasteiger partial charge in [0.2, 0.25) is 11.7 Å². The molecule has 1 aromatic heterocycles. The number of ether oxygens (including phenoxy) is 1. The first-order valence-corrected chi connectivity index (χ1v) is 7.27. The van der Waals surface area contributed by atoms with E-state index in [1.54, 1.807) is 6.92 Å². The molecule has 114 valence electrons. The molecule has 0 bridgehead atoms. The molecular weight excluding hydrogens is 266 g/mol. The Bertz CT molecular complexity index is 579. The number of rotatable bonds is 7. The Morgan fingerprint density at radius 3 is 2.76 bits per heavy atom. The van der Waals surface area contributed by atoms with Gasteiger partial charge in [-0.3, -0.25) is 0 Å². The second-order valence-corrected chi connectivity index (χ2v) is 5.61. The summed E-state index contributed by atoms with van der Waals surface area (Å²) in [5.41, 5.74) is 2.26. The first-order valence-electron chi connectivity index (χ1n) is 7.27. The van der Waals surface area contributed by atoms with Gasteiger partial charge in [-0.05, 0) is 24.9 Å². The molecule has 1 heterocycles. The number of aryl methyl sites for hydroxylation is 2. The smallest absolute Gasteiger partial charge is 0.223 e. The minimum atomic E-state index is 0.319. The van der Waals surface area contributed by atoms with Gasteiger partial charge in [0.05, 0.1) is 0 Å². The molecule has 21 heavy (non-hydrogen) atoms. The molecule has 0 saturated heterocycles. The Morgan fingerprint density at radius 2 is 2.10 bits per heavy atom. The summed E-state index contributed by atoms with van der Waals surface area (Å²) in [4.78, 5) is 4.15. The van der Waals surface area contributed by atoms with Crippen LogP contribution >= 0.6 is 0 Å². The van der Waals surface area contributed by atoms with Crippen molar-refractivity contribution in [1.29, 1.82) is 0 Å². The normalized spacial score (nSPS) is 11.1. The van der Waals surface area contributed by atoms with Crippen LogP contribution in [0.1, 0.15) is 36.7 Å². The van der Waals surface area contributed by atoms with Crippen molar-refractivity contribution >= 4 is 0 Å². The number of nitrogens with one attached hydrogen (secondary N) is 1. The fraction of sp³-hybridized carbons (Fsp3) is 0.500. The molecule has 1 aromatic carbocycles. The summed E-state index contributed by atoms with van der Waals surface area (Å²) >= 11 is 0. The van der Waals surface area contributed by atoms with Crippen LogP contribution in [0.2, 0.25) is 0 Å². The quantitative estimate of drug-likeness (QED) is 0.849. The molecule has 0 unspecified atom stereocenters. The van der Waals surface area contributed by atoms with E-state index in [4.69, 9.17) is 9.26 Å². The van der Waals surface area contributed by atoms with Crippen molar-refractivity contribution in [1.82, 2.24) is 15.5 Å². The predicted molar refractivity (Wildman–Crippen MR) is 81.1 cm³/mol. The van der Waals surface area contributed by atoms with Crippen LogP contribution in [-0.4, -0.2) is 16.7 Å². The SMILES string of the molecule is Cc1nc(COc2c(C)cccc2CNCC(C)C)no1. The van der Waals surface area contributed by atoms with Gasteiger partial charge >= 0.3 is 0 Å². The molecule has 0 radical (unpaired) electrons. The zero-order valence-corrected chi connectivity index (χ0v) is 13.1. The van der Waals surface area contributed by atoms with Crippen LogP contribution < -0.4 is 10.1 Å². The van der Waals surface area contributed by atoms with E-state index in [2.05, 4.69) is 35.4 Å². The second kappa shape index (κ2) is 7.22. The lowest BCUT2D eigenvalue weighted by atomic mass is 10.1. The summed E-state index contributed by atoms with van der Waals surface area (Å²) in [7, 11) is 0. The average molecular weight is 289 g/mol. The maximum Gasteiger partial charge on any atom is 0.223 e. The highest BCUT2D eigenvalue weighted by Crippen LogP contribution is 2.24. The van der Waals surface area contributed by atoms with Gasteiger partial charge in [-0.25, -0.2) is 0 Å². The van der Waals surface area contributed by atoms with Crippen LogP contribution in [0.15, 0.2) is 22.7 Å². The average Bonchev–Trinajstić information content (AvgIpc) is 2.83. The third kappa shape index (κ3) is 4.56. The topological polar surface area (TPSA) is 60.2 Å². The molecule has 5 nitrogen and oxygen atoms in total. The first-order chi connectivity index (χ1) is 10.1. The van der Waals surface area contributed by atoms with Crippen molar-refractivity contribution in [3.05, 3.63) is 41.0 Å². The maximum absolute atomic E-state index is 5.90. The minimum absolute atomic E-state index is 0.319. The third-order valence-electron chi connectivity index (χ3n) is 3.08. The van der Waals surface area contributed by atoms with Gasteiger partial charge in [-0.15, -0.1) is 0 Å². The van der Waals surface area contributed by atoms with Gasteiger partial charge in [-0.2, -0.15) is 4.98 Å². The standard InChI is InChI=1S/C16H23N3O2/c1-11(2)8-17-9-14-7-5-6-12(3)16(14)20-10-15-18-13(4)21-19-15/h5-7,11,17H,8-10H2,1-4H3. The van der Waals surface area contributed by atoms with E-state index >= 15 is 0 Å². The number of nitrogens with zero attached hydrogens (tertiary/aromatic N) is 2. The lowest BCUT2D eigenvalue weighted by Gasteiger charge is -2.14. The highest BCUT2D eigenvalue weighted by molar-refractivity contribution is 5.40. The summed E-state index contributed by atoms with van der Waals surface area (Å²) in [6, 6.07) is 6.17. The second-order valence-electron chi connectivity index (χ2n) is 5.61. The van der Waals surface area contributed by atoms with Gasteiger partial charge in [0.25, 0.3) is 0 Å². The summed E-state index contributed by atoms with van der Waals surface area (Å²) in [6.45, 7) is 10.3. The van der Waals surface area contributed by atoms with E-state index in [-0.39, 0.29) is 0 Å². The van der Waals surface area contributed by atoms with Crippen LogP contribution in [0.5, 0.6) is 5.75 Å². The van der Waals surface area contributed by atoms with E-state index in [1.165, 1.54) is 0 Å². The maximum atomic E-state index is 5.90. The Labute approximate surface area is 125 Å². The van der Waals surface area contributed by atoms with Crippen molar-refractivity contribution < 1.29 is 9.26 Å². The molecule has 0 saturated carbocycles. The number of hydrogen-bond acceptors (Lipinski definition) is 5. The van der Waals surface area contributed by atoms with Gasteiger partial charge in [-0.1, -0.05) is 37.2 Å². The molecule has 0 amide bonds. The zero-order valence-electron chi connectivity index (χ0n) is 13.1. The molecule has 2 rings (SSSR count). The van der Waals surface area contributed by atoms with Crippen molar-refractivity contribution in [2.24, 2.45) is 5.92 Å². The van der Waals surface area contributed by atoms with E-state index < -0.39 is 0 Å². The Morgan fingerprint density at radius 1 is 1.29 bits per heavy atom. The third-order valence-corrected chi connectivity index (χ3v) is 3.08. The van der Waals surface area contributed by atoms with Crippen molar-refractivity contribution in [3.8, 4) is 5.75 Å².